The van der Waals surface area contributed by atoms with Crippen molar-refractivity contribution >= 4 is 0 Å². The van der Waals surface area contributed by atoms with Crippen LogP contribution in [-0.2, 0) is 6.42 Å². The molecule has 0 aliphatic rings. The standard InChI is InChI=1S/C14H24N2/c1-12(2)11-15-9-7-13(3)10-14-6-4-5-8-16-14/h4-6,8,12-13,15H,7,9-11H2,1-3H3. The molecule has 0 amide bonds. The predicted molar refractivity (Wildman–Crippen MR) is 69.4 cm³/mol. The van der Waals surface area contributed by atoms with Crippen LogP contribution in [0.4, 0.5) is 0 Å². The lowest BCUT2D eigenvalue weighted by atomic mass is 10.0. The van der Waals surface area contributed by atoms with E-state index in [1.807, 2.05) is 12.3 Å². The largest absolute Gasteiger partial charge is 0.316 e. The van der Waals surface area contributed by atoms with Crippen LogP contribution >= 0.6 is 0 Å². The van der Waals surface area contributed by atoms with Gasteiger partial charge in [-0.15, -0.1) is 0 Å². The summed E-state index contributed by atoms with van der Waals surface area (Å²) < 4.78 is 0. The van der Waals surface area contributed by atoms with E-state index in [-0.39, 0.29) is 0 Å². The SMILES string of the molecule is CC(C)CNCCC(C)Cc1ccccn1. The first-order valence-corrected chi connectivity index (χ1v) is 6.29. The summed E-state index contributed by atoms with van der Waals surface area (Å²) in [5, 5.41) is 3.48. The van der Waals surface area contributed by atoms with Gasteiger partial charge >= 0.3 is 0 Å². The van der Waals surface area contributed by atoms with Crippen molar-refractivity contribution < 1.29 is 0 Å². The highest BCUT2D eigenvalue weighted by Crippen LogP contribution is 2.08. The minimum atomic E-state index is 0.703. The molecule has 1 aromatic heterocycles. The molecule has 1 unspecified atom stereocenters. The van der Waals surface area contributed by atoms with E-state index in [1.54, 1.807) is 0 Å². The normalized spacial score (nSPS) is 13.0. The van der Waals surface area contributed by atoms with Gasteiger partial charge < -0.3 is 5.32 Å². The Kier molecular flexibility index (Phi) is 6.09. The number of hydrogen-bond acceptors (Lipinski definition) is 2. The van der Waals surface area contributed by atoms with E-state index in [1.165, 1.54) is 12.1 Å². The summed E-state index contributed by atoms with van der Waals surface area (Å²) in [6.07, 6.45) is 4.19. The number of pyridine rings is 1. The summed E-state index contributed by atoms with van der Waals surface area (Å²) in [4.78, 5) is 4.35. The van der Waals surface area contributed by atoms with Gasteiger partial charge in [0.15, 0.2) is 0 Å². The second-order valence-corrected chi connectivity index (χ2v) is 5.02. The van der Waals surface area contributed by atoms with E-state index >= 15 is 0 Å². The van der Waals surface area contributed by atoms with Crippen molar-refractivity contribution in [2.24, 2.45) is 11.8 Å². The van der Waals surface area contributed by atoms with Crippen LogP contribution in [0.2, 0.25) is 0 Å². The van der Waals surface area contributed by atoms with E-state index in [0.717, 1.165) is 25.4 Å². The van der Waals surface area contributed by atoms with E-state index in [2.05, 4.69) is 43.2 Å². The first-order chi connectivity index (χ1) is 7.68. The number of nitrogens with zero attached hydrogens (tertiary/aromatic N) is 1. The third-order valence-corrected chi connectivity index (χ3v) is 2.65. The maximum atomic E-state index is 4.35. The lowest BCUT2D eigenvalue weighted by Gasteiger charge is -2.12. The zero-order valence-electron chi connectivity index (χ0n) is 10.7. The number of aromatic nitrogens is 1. The lowest BCUT2D eigenvalue weighted by Crippen LogP contribution is -2.22. The van der Waals surface area contributed by atoms with E-state index < -0.39 is 0 Å². The average Bonchev–Trinajstić information content (AvgIpc) is 2.25. The van der Waals surface area contributed by atoms with Crippen molar-refractivity contribution in [1.29, 1.82) is 0 Å². The fourth-order valence-corrected chi connectivity index (χ4v) is 1.72. The van der Waals surface area contributed by atoms with Crippen LogP contribution in [-0.4, -0.2) is 18.1 Å². The van der Waals surface area contributed by atoms with Crippen LogP contribution in [0.1, 0.15) is 32.9 Å². The van der Waals surface area contributed by atoms with Crippen LogP contribution in [0, 0.1) is 11.8 Å². The number of nitrogens with one attached hydrogen (secondary N) is 1. The van der Waals surface area contributed by atoms with Crippen molar-refractivity contribution in [3.05, 3.63) is 30.1 Å². The Labute approximate surface area is 99.5 Å². The van der Waals surface area contributed by atoms with Crippen molar-refractivity contribution in [1.82, 2.24) is 10.3 Å². The Bertz CT molecular complexity index is 269. The van der Waals surface area contributed by atoms with Gasteiger partial charge in [0, 0.05) is 11.9 Å². The first-order valence-electron chi connectivity index (χ1n) is 6.29. The van der Waals surface area contributed by atoms with Crippen LogP contribution < -0.4 is 5.32 Å². The molecule has 1 heterocycles. The maximum absolute atomic E-state index is 4.35. The molecule has 0 bridgehead atoms. The summed E-state index contributed by atoms with van der Waals surface area (Å²) in [6, 6.07) is 6.14. The summed E-state index contributed by atoms with van der Waals surface area (Å²) in [5.74, 6) is 1.45. The Morgan fingerprint density at radius 2 is 2.06 bits per heavy atom. The highest BCUT2D eigenvalue weighted by atomic mass is 14.8. The molecule has 1 atom stereocenters. The number of hydrogen-bond donors (Lipinski definition) is 1. The zero-order chi connectivity index (χ0) is 11.8. The number of rotatable bonds is 7. The van der Waals surface area contributed by atoms with Gasteiger partial charge in [0.25, 0.3) is 0 Å². The average molecular weight is 220 g/mol. The highest BCUT2D eigenvalue weighted by molar-refractivity contribution is 5.03. The van der Waals surface area contributed by atoms with Gasteiger partial charge in [-0.3, -0.25) is 4.98 Å². The van der Waals surface area contributed by atoms with Crippen LogP contribution in [0.3, 0.4) is 0 Å². The molecule has 90 valence electrons. The second kappa shape index (κ2) is 7.39. The topological polar surface area (TPSA) is 24.9 Å². The van der Waals surface area contributed by atoms with E-state index in [9.17, 15) is 0 Å². The van der Waals surface area contributed by atoms with E-state index in [0.29, 0.717) is 5.92 Å². The molecule has 0 saturated carbocycles. The molecule has 1 N–H and O–H groups in total. The van der Waals surface area contributed by atoms with Gasteiger partial charge in [-0.2, -0.15) is 0 Å². The van der Waals surface area contributed by atoms with Gasteiger partial charge in [0.2, 0.25) is 0 Å². The third kappa shape index (κ3) is 5.86. The van der Waals surface area contributed by atoms with Gasteiger partial charge in [0.05, 0.1) is 0 Å². The molecule has 0 aliphatic carbocycles. The molecule has 1 rings (SSSR count). The fraction of sp³-hybridized carbons (Fsp3) is 0.643. The van der Waals surface area contributed by atoms with Crippen LogP contribution in [0.15, 0.2) is 24.4 Å². The van der Waals surface area contributed by atoms with E-state index in [4.69, 9.17) is 0 Å². The quantitative estimate of drug-likeness (QED) is 0.715. The molecule has 1 aromatic rings. The minimum Gasteiger partial charge on any atom is -0.316 e. The van der Waals surface area contributed by atoms with Crippen LogP contribution in [0.25, 0.3) is 0 Å². The van der Waals surface area contributed by atoms with Gasteiger partial charge in [-0.25, -0.2) is 0 Å². The second-order valence-electron chi connectivity index (χ2n) is 5.02. The third-order valence-electron chi connectivity index (χ3n) is 2.65. The van der Waals surface area contributed by atoms with Gasteiger partial charge in [-0.1, -0.05) is 26.8 Å². The Morgan fingerprint density at radius 3 is 2.69 bits per heavy atom. The maximum Gasteiger partial charge on any atom is 0.0406 e. The summed E-state index contributed by atoms with van der Waals surface area (Å²) in [6.45, 7) is 9.02. The predicted octanol–water partition coefficient (Wildman–Crippen LogP) is 2.90. The molecule has 0 aliphatic heterocycles. The van der Waals surface area contributed by atoms with Gasteiger partial charge in [-0.05, 0) is 49.9 Å². The molecular formula is C14H24N2. The monoisotopic (exact) mass is 220 g/mol. The molecule has 2 heteroatoms. The smallest absolute Gasteiger partial charge is 0.0406 e. The molecule has 0 aromatic carbocycles. The van der Waals surface area contributed by atoms with Crippen molar-refractivity contribution in [2.75, 3.05) is 13.1 Å². The first kappa shape index (κ1) is 13.2. The summed E-state index contributed by atoms with van der Waals surface area (Å²) in [7, 11) is 0. The summed E-state index contributed by atoms with van der Waals surface area (Å²) in [5.41, 5.74) is 1.21. The summed E-state index contributed by atoms with van der Waals surface area (Å²) >= 11 is 0. The Balaban J connectivity index is 2.14. The fourth-order valence-electron chi connectivity index (χ4n) is 1.72. The minimum absolute atomic E-state index is 0.703. The zero-order valence-corrected chi connectivity index (χ0v) is 10.7. The Hall–Kier alpha value is -0.890. The van der Waals surface area contributed by atoms with Crippen molar-refractivity contribution in [3.8, 4) is 0 Å². The highest BCUT2D eigenvalue weighted by Gasteiger charge is 2.04. The molecule has 0 fully saturated rings. The molecule has 16 heavy (non-hydrogen) atoms. The Morgan fingerprint density at radius 1 is 1.25 bits per heavy atom. The van der Waals surface area contributed by atoms with Gasteiger partial charge in [0.1, 0.15) is 0 Å². The van der Waals surface area contributed by atoms with Crippen molar-refractivity contribution in [3.63, 3.8) is 0 Å². The molecule has 0 spiro atoms. The molecule has 2 nitrogen and oxygen atoms in total. The lowest BCUT2D eigenvalue weighted by molar-refractivity contribution is 0.471. The molecule has 0 radical (unpaired) electrons. The molecular weight excluding hydrogens is 196 g/mol. The van der Waals surface area contributed by atoms with Crippen molar-refractivity contribution in [2.45, 2.75) is 33.6 Å². The molecule has 0 saturated heterocycles. The van der Waals surface area contributed by atoms with Crippen LogP contribution in [0.5, 0.6) is 0 Å².